The molecule has 1 aliphatic rings. The van der Waals surface area contributed by atoms with E-state index in [1.165, 1.54) is 16.7 Å². The zero-order valence-corrected chi connectivity index (χ0v) is 18.3. The van der Waals surface area contributed by atoms with Crippen LogP contribution in [-0.4, -0.2) is 61.5 Å². The van der Waals surface area contributed by atoms with Gasteiger partial charge in [0.15, 0.2) is 11.3 Å². The van der Waals surface area contributed by atoms with E-state index >= 15 is 0 Å². The molecular formula is C20H27N7O3S. The van der Waals surface area contributed by atoms with Gasteiger partial charge in [0.25, 0.3) is 0 Å². The van der Waals surface area contributed by atoms with Gasteiger partial charge in [-0.2, -0.15) is 9.61 Å². The van der Waals surface area contributed by atoms with E-state index in [2.05, 4.69) is 39.9 Å². The van der Waals surface area contributed by atoms with Crippen molar-refractivity contribution in [1.82, 2.24) is 24.9 Å². The lowest BCUT2D eigenvalue weighted by atomic mass is 9.95. The molecule has 0 spiro atoms. The second kappa shape index (κ2) is 9.16. The Morgan fingerprint density at radius 2 is 2.23 bits per heavy atom. The molecule has 0 unspecified atom stereocenters. The Hall–Kier alpha value is -2.76. The van der Waals surface area contributed by atoms with Gasteiger partial charge in [0.05, 0.1) is 18.8 Å². The number of hydrogen-bond acceptors (Lipinski definition) is 9. The number of aliphatic hydroxyl groups is 1. The van der Waals surface area contributed by atoms with Crippen LogP contribution in [0, 0.1) is 5.92 Å². The van der Waals surface area contributed by atoms with Gasteiger partial charge in [-0.1, -0.05) is 13.8 Å². The summed E-state index contributed by atoms with van der Waals surface area (Å²) in [4.78, 5) is 20.0. The summed E-state index contributed by atoms with van der Waals surface area (Å²) in [6.07, 6.45) is 2.35. The van der Waals surface area contributed by atoms with Gasteiger partial charge in [-0.3, -0.25) is 0 Å². The fourth-order valence-electron chi connectivity index (χ4n) is 3.63. The van der Waals surface area contributed by atoms with Crippen LogP contribution in [0.2, 0.25) is 0 Å². The van der Waals surface area contributed by atoms with E-state index in [4.69, 9.17) is 10.1 Å². The zero-order valence-electron chi connectivity index (χ0n) is 17.5. The largest absolute Gasteiger partial charge is 0.476 e. The summed E-state index contributed by atoms with van der Waals surface area (Å²) in [7, 11) is 0. The van der Waals surface area contributed by atoms with Gasteiger partial charge in [0, 0.05) is 36.0 Å². The minimum atomic E-state index is -1.03. The normalized spacial score (nSPS) is 19.1. The van der Waals surface area contributed by atoms with E-state index in [0.717, 1.165) is 30.0 Å². The fraction of sp³-hybridized carbons (Fsp3) is 0.500. The number of fused-ring (bicyclic) bond motifs is 1. The van der Waals surface area contributed by atoms with Crippen LogP contribution < -0.4 is 16.0 Å². The molecule has 4 heterocycles. The second-order valence-corrected chi connectivity index (χ2v) is 8.95. The Labute approximate surface area is 183 Å². The minimum Gasteiger partial charge on any atom is -0.476 e. The molecule has 0 amide bonds. The molecule has 166 valence electrons. The van der Waals surface area contributed by atoms with Crippen molar-refractivity contribution in [3.63, 3.8) is 0 Å². The summed E-state index contributed by atoms with van der Waals surface area (Å²) in [5.41, 5.74) is 1.85. The number of aromatic nitrogens is 4. The monoisotopic (exact) mass is 445 g/mol. The van der Waals surface area contributed by atoms with Crippen LogP contribution in [-0.2, 0) is 6.54 Å². The van der Waals surface area contributed by atoms with Gasteiger partial charge < -0.3 is 26.2 Å². The first-order valence-electron chi connectivity index (χ1n) is 10.3. The molecule has 0 saturated carbocycles. The molecule has 1 fully saturated rings. The van der Waals surface area contributed by atoms with Crippen LogP contribution in [0.4, 0.5) is 11.6 Å². The predicted molar refractivity (Wildman–Crippen MR) is 119 cm³/mol. The third kappa shape index (κ3) is 4.78. The molecule has 3 aromatic heterocycles. The van der Waals surface area contributed by atoms with Crippen molar-refractivity contribution in [1.29, 1.82) is 0 Å². The van der Waals surface area contributed by atoms with Crippen LogP contribution in [0.3, 0.4) is 0 Å². The van der Waals surface area contributed by atoms with E-state index in [-0.39, 0.29) is 23.6 Å². The predicted octanol–water partition coefficient (Wildman–Crippen LogP) is 2.00. The van der Waals surface area contributed by atoms with Crippen molar-refractivity contribution >= 4 is 34.6 Å². The van der Waals surface area contributed by atoms with E-state index in [9.17, 15) is 9.90 Å². The van der Waals surface area contributed by atoms with Crippen molar-refractivity contribution in [2.75, 3.05) is 30.3 Å². The van der Waals surface area contributed by atoms with E-state index < -0.39 is 5.97 Å². The Kier molecular flexibility index (Phi) is 6.35. The number of piperidine rings is 1. The molecule has 0 radical (unpaired) electrons. The lowest BCUT2D eigenvalue weighted by molar-refractivity contribution is 0.0691. The maximum absolute atomic E-state index is 11.1. The molecule has 11 heteroatoms. The van der Waals surface area contributed by atoms with Gasteiger partial charge in [-0.15, -0.1) is 11.3 Å². The number of nitrogens with zero attached hydrogens (tertiary/aromatic N) is 4. The average Bonchev–Trinajstić information content (AvgIpc) is 3.39. The van der Waals surface area contributed by atoms with Gasteiger partial charge in [0.2, 0.25) is 0 Å². The molecule has 10 nitrogen and oxygen atoms in total. The van der Waals surface area contributed by atoms with Crippen LogP contribution >= 0.6 is 11.3 Å². The highest BCUT2D eigenvalue weighted by Crippen LogP contribution is 2.25. The second-order valence-electron chi connectivity index (χ2n) is 8.00. The van der Waals surface area contributed by atoms with E-state index in [1.807, 2.05) is 12.3 Å². The molecule has 1 aliphatic heterocycles. The Bertz CT molecular complexity index is 1060. The molecule has 5 N–H and O–H groups in total. The van der Waals surface area contributed by atoms with Crippen molar-refractivity contribution in [3.05, 3.63) is 33.9 Å². The topological polar surface area (TPSA) is 137 Å². The van der Waals surface area contributed by atoms with Crippen molar-refractivity contribution < 1.29 is 15.0 Å². The maximum Gasteiger partial charge on any atom is 0.355 e. The SMILES string of the molecule is CC(C)c1cnn2c(NCc3nc(C(=O)O)cs3)cc(NC[C@H]3CCNC[C@@H]3O)nc12. The third-order valence-corrected chi connectivity index (χ3v) is 6.30. The fourth-order valence-corrected chi connectivity index (χ4v) is 4.34. The van der Waals surface area contributed by atoms with Gasteiger partial charge in [-0.25, -0.2) is 14.8 Å². The highest BCUT2D eigenvalue weighted by Gasteiger charge is 2.23. The molecule has 31 heavy (non-hydrogen) atoms. The number of carboxylic acids is 1. The molecule has 4 rings (SSSR count). The first-order valence-corrected chi connectivity index (χ1v) is 11.2. The molecule has 1 saturated heterocycles. The number of nitrogens with one attached hydrogen (secondary N) is 3. The van der Waals surface area contributed by atoms with Gasteiger partial charge >= 0.3 is 5.97 Å². The number of rotatable bonds is 8. The summed E-state index contributed by atoms with van der Waals surface area (Å²) in [6, 6.07) is 1.88. The number of aromatic carboxylic acids is 1. The molecule has 3 aromatic rings. The van der Waals surface area contributed by atoms with E-state index in [1.54, 1.807) is 4.52 Å². The number of thiazole rings is 1. The molecule has 2 atom stereocenters. The number of carboxylic acid groups (broad SMARTS) is 1. The lowest BCUT2D eigenvalue weighted by Gasteiger charge is -2.28. The molecule has 0 bridgehead atoms. The number of anilines is 2. The van der Waals surface area contributed by atoms with Crippen molar-refractivity contribution in [3.8, 4) is 0 Å². The van der Waals surface area contributed by atoms with E-state index in [0.29, 0.717) is 30.5 Å². The number of hydrogen-bond donors (Lipinski definition) is 5. The molecule has 0 aromatic carbocycles. The standard InChI is InChI=1S/C20H27N7O3S/c1-11(2)13-7-24-27-17(23-9-18-25-14(10-31-18)20(29)30)5-16(26-19(13)27)22-6-12-3-4-21-8-15(12)28/h5,7,10-12,15,21,23,28H,3-4,6,8-9H2,1-2H3,(H,22,26)(H,29,30)/t12-,15+/m1/s1. The van der Waals surface area contributed by atoms with Crippen LogP contribution in [0.25, 0.3) is 5.65 Å². The quantitative estimate of drug-likeness (QED) is 0.352. The Balaban J connectivity index is 1.57. The Morgan fingerprint density at radius 1 is 1.39 bits per heavy atom. The summed E-state index contributed by atoms with van der Waals surface area (Å²) < 4.78 is 1.76. The lowest BCUT2D eigenvalue weighted by Crippen LogP contribution is -2.43. The zero-order chi connectivity index (χ0) is 22.0. The van der Waals surface area contributed by atoms with Crippen molar-refractivity contribution in [2.24, 2.45) is 5.92 Å². The summed E-state index contributed by atoms with van der Waals surface area (Å²) in [5, 5.41) is 35.9. The first kappa shape index (κ1) is 21.5. The average molecular weight is 446 g/mol. The first-order chi connectivity index (χ1) is 14.9. The summed E-state index contributed by atoms with van der Waals surface area (Å²) >= 11 is 1.30. The van der Waals surface area contributed by atoms with Gasteiger partial charge in [-0.05, 0) is 18.9 Å². The number of carbonyl (C=O) groups is 1. The Morgan fingerprint density at radius 3 is 2.94 bits per heavy atom. The maximum atomic E-state index is 11.1. The highest BCUT2D eigenvalue weighted by molar-refractivity contribution is 7.09. The number of β-amino-alcohol motifs (C(OH)–C–C–N with tert-alkyl or cyclic N) is 1. The highest BCUT2D eigenvalue weighted by atomic mass is 32.1. The molecular weight excluding hydrogens is 418 g/mol. The van der Waals surface area contributed by atoms with Crippen molar-refractivity contribution in [2.45, 2.75) is 38.8 Å². The third-order valence-electron chi connectivity index (χ3n) is 5.45. The molecule has 0 aliphatic carbocycles. The van der Waals surface area contributed by atoms with Crippen LogP contribution in [0.1, 0.15) is 47.2 Å². The number of aliphatic hydroxyl groups excluding tert-OH is 1. The van der Waals surface area contributed by atoms with Crippen LogP contribution in [0.5, 0.6) is 0 Å². The smallest absolute Gasteiger partial charge is 0.355 e. The minimum absolute atomic E-state index is 0.0470. The summed E-state index contributed by atoms with van der Waals surface area (Å²) in [6.45, 7) is 6.71. The van der Waals surface area contributed by atoms with Crippen LogP contribution in [0.15, 0.2) is 17.6 Å². The van der Waals surface area contributed by atoms with Gasteiger partial charge in [0.1, 0.15) is 16.6 Å². The summed E-state index contributed by atoms with van der Waals surface area (Å²) in [5.74, 6) is 0.825.